The molecule has 1 aromatic rings. The molecule has 5 heteroatoms. The Kier molecular flexibility index (Phi) is 2.89. The number of amides is 1. The van der Waals surface area contributed by atoms with Crippen molar-refractivity contribution in [3.63, 3.8) is 0 Å². The highest BCUT2D eigenvalue weighted by atomic mass is 16.1. The van der Waals surface area contributed by atoms with E-state index in [4.69, 9.17) is 11.3 Å². The van der Waals surface area contributed by atoms with Crippen LogP contribution in [0.5, 0.6) is 0 Å². The Morgan fingerprint density at radius 1 is 1.54 bits per heavy atom. The molecular formula is C8H8N4O. The second-order valence-corrected chi connectivity index (χ2v) is 2.46. The highest BCUT2D eigenvalue weighted by Gasteiger charge is 2.02. The van der Waals surface area contributed by atoms with Crippen LogP contribution in [0.4, 0.5) is 5.69 Å². The molecule has 1 rings (SSSR count). The quantitative estimate of drug-likeness (QED) is 0.423. The van der Waals surface area contributed by atoms with Crippen LogP contribution >= 0.6 is 0 Å². The zero-order valence-corrected chi connectivity index (χ0v) is 6.84. The van der Waals surface area contributed by atoms with Gasteiger partial charge in [-0.1, -0.05) is 29.4 Å². The van der Waals surface area contributed by atoms with Crippen molar-refractivity contribution in [2.24, 2.45) is 10.8 Å². The van der Waals surface area contributed by atoms with E-state index >= 15 is 0 Å². The Bertz CT molecular complexity index is 368. The number of azide groups is 1. The molecule has 1 aromatic carbocycles. The summed E-state index contributed by atoms with van der Waals surface area (Å²) >= 11 is 0. The maximum atomic E-state index is 10.6. The van der Waals surface area contributed by atoms with Crippen molar-refractivity contribution in [3.05, 3.63) is 40.3 Å². The standard InChI is InChI=1S/C8H8N4O/c9-8(13)5-6-3-1-2-4-7(6)11-12-10/h1-4H,5H2,(H2,9,13). The van der Waals surface area contributed by atoms with Crippen molar-refractivity contribution in [1.82, 2.24) is 0 Å². The van der Waals surface area contributed by atoms with Crippen LogP contribution in [0.3, 0.4) is 0 Å². The van der Waals surface area contributed by atoms with E-state index in [0.29, 0.717) is 11.3 Å². The minimum absolute atomic E-state index is 0.0925. The molecule has 0 fully saturated rings. The second kappa shape index (κ2) is 4.13. The molecule has 1 amide bonds. The Hall–Kier alpha value is -2.00. The van der Waals surface area contributed by atoms with Crippen molar-refractivity contribution >= 4 is 11.6 Å². The molecule has 0 bridgehead atoms. The van der Waals surface area contributed by atoms with Crippen LogP contribution in [0.2, 0.25) is 0 Å². The summed E-state index contributed by atoms with van der Waals surface area (Å²) in [6, 6.07) is 6.83. The van der Waals surface area contributed by atoms with Gasteiger partial charge in [-0.15, -0.1) is 0 Å². The molecule has 0 heterocycles. The molecule has 2 N–H and O–H groups in total. The molecule has 0 aromatic heterocycles. The smallest absolute Gasteiger partial charge is 0.221 e. The van der Waals surface area contributed by atoms with Gasteiger partial charge in [0.2, 0.25) is 5.91 Å². The summed E-state index contributed by atoms with van der Waals surface area (Å²) in [5, 5.41) is 3.43. The van der Waals surface area contributed by atoms with Crippen molar-refractivity contribution in [2.45, 2.75) is 6.42 Å². The van der Waals surface area contributed by atoms with Gasteiger partial charge in [0.25, 0.3) is 0 Å². The van der Waals surface area contributed by atoms with E-state index in [0.717, 1.165) is 0 Å². The first-order valence-corrected chi connectivity index (χ1v) is 3.65. The van der Waals surface area contributed by atoms with E-state index in [-0.39, 0.29) is 6.42 Å². The molecule has 0 aliphatic carbocycles. The Morgan fingerprint density at radius 2 is 2.23 bits per heavy atom. The minimum Gasteiger partial charge on any atom is -0.369 e. The van der Waals surface area contributed by atoms with Gasteiger partial charge < -0.3 is 5.73 Å². The Morgan fingerprint density at radius 3 is 2.85 bits per heavy atom. The number of carbonyl (C=O) groups is 1. The molecule has 0 saturated carbocycles. The van der Waals surface area contributed by atoms with Crippen LogP contribution in [-0.4, -0.2) is 5.91 Å². The lowest BCUT2D eigenvalue weighted by atomic mass is 10.1. The fourth-order valence-electron chi connectivity index (χ4n) is 0.994. The van der Waals surface area contributed by atoms with Gasteiger partial charge in [0.05, 0.1) is 6.42 Å². The lowest BCUT2D eigenvalue weighted by Crippen LogP contribution is -2.13. The van der Waals surface area contributed by atoms with Gasteiger partial charge in [0.1, 0.15) is 0 Å². The van der Waals surface area contributed by atoms with Crippen molar-refractivity contribution in [2.75, 3.05) is 0 Å². The lowest BCUT2D eigenvalue weighted by Gasteiger charge is -2.00. The van der Waals surface area contributed by atoms with Crippen LogP contribution in [-0.2, 0) is 11.2 Å². The third kappa shape index (κ3) is 2.50. The van der Waals surface area contributed by atoms with Crippen LogP contribution in [0.15, 0.2) is 29.4 Å². The van der Waals surface area contributed by atoms with Gasteiger partial charge in [-0.05, 0) is 11.1 Å². The van der Waals surface area contributed by atoms with Gasteiger partial charge in [-0.2, -0.15) is 0 Å². The highest BCUT2D eigenvalue weighted by Crippen LogP contribution is 2.18. The summed E-state index contributed by atoms with van der Waals surface area (Å²) in [6.07, 6.45) is 0.0925. The third-order valence-corrected chi connectivity index (χ3v) is 1.51. The predicted molar refractivity (Wildman–Crippen MR) is 48.1 cm³/mol. The predicted octanol–water partition coefficient (Wildman–Crippen LogP) is 1.66. The summed E-state index contributed by atoms with van der Waals surface area (Å²) in [6.45, 7) is 0. The molecule has 0 spiro atoms. The summed E-state index contributed by atoms with van der Waals surface area (Å²) in [5.41, 5.74) is 14.3. The van der Waals surface area contributed by atoms with Gasteiger partial charge in [-0.3, -0.25) is 4.79 Å². The number of hydrogen-bond donors (Lipinski definition) is 1. The zero-order chi connectivity index (χ0) is 9.68. The van der Waals surface area contributed by atoms with Crippen molar-refractivity contribution in [1.29, 1.82) is 0 Å². The van der Waals surface area contributed by atoms with E-state index in [2.05, 4.69) is 10.0 Å². The number of benzene rings is 1. The number of primary amides is 1. The number of rotatable bonds is 3. The topological polar surface area (TPSA) is 91.8 Å². The average Bonchev–Trinajstić information content (AvgIpc) is 2.08. The average molecular weight is 176 g/mol. The maximum absolute atomic E-state index is 10.6. The SMILES string of the molecule is [N-]=[N+]=Nc1ccccc1CC(N)=O. The first kappa shape index (κ1) is 9.09. The third-order valence-electron chi connectivity index (χ3n) is 1.51. The lowest BCUT2D eigenvalue weighted by molar-refractivity contribution is -0.117. The molecule has 13 heavy (non-hydrogen) atoms. The number of nitrogens with two attached hydrogens (primary N) is 1. The second-order valence-electron chi connectivity index (χ2n) is 2.46. The van der Waals surface area contributed by atoms with Crippen LogP contribution in [0.1, 0.15) is 5.56 Å². The van der Waals surface area contributed by atoms with E-state index in [1.165, 1.54) is 0 Å². The van der Waals surface area contributed by atoms with E-state index in [1.54, 1.807) is 24.3 Å². The molecule has 0 saturated heterocycles. The number of carbonyl (C=O) groups excluding carboxylic acids is 1. The van der Waals surface area contributed by atoms with E-state index in [9.17, 15) is 4.79 Å². The molecule has 0 aliphatic rings. The summed E-state index contributed by atoms with van der Waals surface area (Å²) in [4.78, 5) is 13.3. The first-order chi connectivity index (χ1) is 6.24. The highest BCUT2D eigenvalue weighted by molar-refractivity contribution is 5.78. The normalized spacial score (nSPS) is 8.92. The molecule has 5 nitrogen and oxygen atoms in total. The fraction of sp³-hybridized carbons (Fsp3) is 0.125. The molecule has 0 unspecified atom stereocenters. The molecule has 0 atom stereocenters. The molecule has 0 aliphatic heterocycles. The van der Waals surface area contributed by atoms with Gasteiger partial charge in [-0.25, -0.2) is 0 Å². The minimum atomic E-state index is -0.444. The van der Waals surface area contributed by atoms with Gasteiger partial charge in [0.15, 0.2) is 0 Å². The molecular weight excluding hydrogens is 168 g/mol. The molecule has 66 valence electrons. The number of nitrogens with zero attached hydrogens (tertiary/aromatic N) is 3. The summed E-state index contributed by atoms with van der Waals surface area (Å²) in [5.74, 6) is -0.444. The first-order valence-electron chi connectivity index (χ1n) is 3.65. The van der Waals surface area contributed by atoms with Crippen LogP contribution < -0.4 is 5.73 Å². The van der Waals surface area contributed by atoms with Crippen LogP contribution in [0, 0.1) is 0 Å². The Labute approximate surface area is 74.8 Å². The maximum Gasteiger partial charge on any atom is 0.221 e. The van der Waals surface area contributed by atoms with Crippen LogP contribution in [0.25, 0.3) is 10.4 Å². The van der Waals surface area contributed by atoms with Gasteiger partial charge >= 0.3 is 0 Å². The summed E-state index contributed by atoms with van der Waals surface area (Å²) < 4.78 is 0. The van der Waals surface area contributed by atoms with E-state index < -0.39 is 5.91 Å². The summed E-state index contributed by atoms with van der Waals surface area (Å²) in [7, 11) is 0. The van der Waals surface area contributed by atoms with E-state index in [1.807, 2.05) is 0 Å². The zero-order valence-electron chi connectivity index (χ0n) is 6.84. The molecule has 0 radical (unpaired) electrons. The van der Waals surface area contributed by atoms with Crippen molar-refractivity contribution in [3.8, 4) is 0 Å². The fourth-order valence-corrected chi connectivity index (χ4v) is 0.994. The largest absolute Gasteiger partial charge is 0.369 e. The van der Waals surface area contributed by atoms with Crippen molar-refractivity contribution < 1.29 is 4.79 Å². The monoisotopic (exact) mass is 176 g/mol. The van der Waals surface area contributed by atoms with Gasteiger partial charge in [0, 0.05) is 10.6 Å². The Balaban J connectivity index is 3.04. The number of hydrogen-bond acceptors (Lipinski definition) is 2.